The molecule has 0 aromatic heterocycles. The minimum absolute atomic E-state index is 0. The lowest BCUT2D eigenvalue weighted by Crippen LogP contribution is -2.46. The number of ketones is 2. The van der Waals surface area contributed by atoms with Crippen LogP contribution in [0.2, 0.25) is 0 Å². The highest BCUT2D eigenvalue weighted by atomic mass is 35.5. The lowest BCUT2D eigenvalue weighted by Gasteiger charge is -2.28. The molecular weight excluding hydrogens is 234 g/mol. The van der Waals surface area contributed by atoms with E-state index in [9.17, 15) is 14.4 Å². The summed E-state index contributed by atoms with van der Waals surface area (Å²) < 4.78 is 5.06. The number of hydrogen-bond donors (Lipinski definition) is 0. The number of nitrogens with zero attached hydrogens (tertiary/aromatic N) is 1. The number of carbonyl (C=O) groups excluding carboxylic acids is 3. The molecule has 6 heteroatoms. The lowest BCUT2D eigenvalue weighted by atomic mass is 10.1. The van der Waals surface area contributed by atoms with Crippen LogP contribution in [0.4, 0.5) is 4.79 Å². The summed E-state index contributed by atoms with van der Waals surface area (Å²) in [4.78, 5) is 34.8. The zero-order valence-electron chi connectivity index (χ0n) is 9.61. The van der Waals surface area contributed by atoms with Crippen LogP contribution >= 0.6 is 12.4 Å². The Balaban J connectivity index is 0.00000225. The molecule has 5 nitrogen and oxygen atoms in total. The molecule has 0 bridgehead atoms. The normalized spacial score (nSPS) is 16.8. The van der Waals surface area contributed by atoms with Crippen LogP contribution < -0.4 is 0 Å². The molecule has 0 aromatic rings. The van der Waals surface area contributed by atoms with Gasteiger partial charge in [-0.3, -0.25) is 14.5 Å². The smallest absolute Gasteiger partial charge is 0.411 e. The molecule has 1 saturated heterocycles. The Kier molecular flexibility index (Phi) is 4.93. The fourth-order valence-corrected chi connectivity index (χ4v) is 1.27. The SMILES string of the molecule is CC(C)(C)OC(=O)N1CC(=O)CC(=O)C1.Cl. The summed E-state index contributed by atoms with van der Waals surface area (Å²) in [6.07, 6.45) is -0.678. The summed E-state index contributed by atoms with van der Waals surface area (Å²) in [5.74, 6) is -0.478. The number of carbonyl (C=O) groups is 3. The van der Waals surface area contributed by atoms with Crippen LogP contribution in [-0.4, -0.2) is 41.3 Å². The van der Waals surface area contributed by atoms with Crippen molar-refractivity contribution in [1.29, 1.82) is 0 Å². The second-order valence-corrected chi connectivity index (χ2v) is 4.59. The molecule has 1 heterocycles. The number of rotatable bonds is 0. The summed E-state index contributed by atoms with van der Waals surface area (Å²) in [6, 6.07) is 0. The van der Waals surface area contributed by atoms with E-state index in [-0.39, 0.29) is 43.5 Å². The van der Waals surface area contributed by atoms with Gasteiger partial charge in [0.25, 0.3) is 0 Å². The Morgan fingerprint density at radius 3 is 2.00 bits per heavy atom. The molecule has 0 aliphatic carbocycles. The van der Waals surface area contributed by atoms with E-state index in [0.717, 1.165) is 4.90 Å². The average Bonchev–Trinajstić information content (AvgIpc) is 1.98. The minimum Gasteiger partial charge on any atom is -0.444 e. The van der Waals surface area contributed by atoms with Crippen LogP contribution in [0.15, 0.2) is 0 Å². The van der Waals surface area contributed by atoms with Crippen molar-refractivity contribution in [1.82, 2.24) is 4.90 Å². The fraction of sp³-hybridized carbons (Fsp3) is 0.700. The Morgan fingerprint density at radius 1 is 1.19 bits per heavy atom. The average molecular weight is 250 g/mol. The van der Waals surface area contributed by atoms with Crippen molar-refractivity contribution in [2.24, 2.45) is 0 Å². The minimum atomic E-state index is -0.610. The van der Waals surface area contributed by atoms with Crippen molar-refractivity contribution in [2.45, 2.75) is 32.8 Å². The highest BCUT2D eigenvalue weighted by Crippen LogP contribution is 2.12. The third-order valence-corrected chi connectivity index (χ3v) is 1.78. The van der Waals surface area contributed by atoms with Gasteiger partial charge in [-0.15, -0.1) is 12.4 Å². The zero-order valence-corrected chi connectivity index (χ0v) is 10.4. The van der Waals surface area contributed by atoms with Gasteiger partial charge in [-0.05, 0) is 20.8 Å². The number of piperidine rings is 1. The molecule has 0 spiro atoms. The van der Waals surface area contributed by atoms with Crippen LogP contribution in [0.25, 0.3) is 0 Å². The van der Waals surface area contributed by atoms with E-state index in [1.54, 1.807) is 20.8 Å². The third-order valence-electron chi connectivity index (χ3n) is 1.78. The first-order valence-corrected chi connectivity index (χ1v) is 4.79. The number of hydrogen-bond acceptors (Lipinski definition) is 4. The molecule has 92 valence electrons. The van der Waals surface area contributed by atoms with Gasteiger partial charge < -0.3 is 4.74 Å². The Hall–Kier alpha value is -1.10. The number of ether oxygens (including phenoxy) is 1. The molecule has 0 N–H and O–H groups in total. The van der Waals surface area contributed by atoms with Gasteiger partial charge in [-0.25, -0.2) is 4.79 Å². The highest BCUT2D eigenvalue weighted by molar-refractivity contribution is 6.05. The first-order valence-electron chi connectivity index (χ1n) is 4.79. The maximum absolute atomic E-state index is 11.5. The monoisotopic (exact) mass is 249 g/mol. The lowest BCUT2D eigenvalue weighted by molar-refractivity contribution is -0.132. The van der Waals surface area contributed by atoms with Gasteiger partial charge in [0.1, 0.15) is 5.60 Å². The van der Waals surface area contributed by atoms with E-state index >= 15 is 0 Å². The summed E-state index contributed by atoms with van der Waals surface area (Å²) >= 11 is 0. The van der Waals surface area contributed by atoms with Crippen LogP contribution in [-0.2, 0) is 14.3 Å². The second kappa shape index (κ2) is 5.30. The zero-order chi connectivity index (χ0) is 11.6. The summed E-state index contributed by atoms with van der Waals surface area (Å²) in [6.45, 7) is 5.15. The molecule has 16 heavy (non-hydrogen) atoms. The van der Waals surface area contributed by atoms with E-state index in [1.807, 2.05) is 0 Å². The van der Waals surface area contributed by atoms with E-state index in [1.165, 1.54) is 0 Å². The molecule has 0 unspecified atom stereocenters. The van der Waals surface area contributed by atoms with Crippen molar-refractivity contribution < 1.29 is 19.1 Å². The van der Waals surface area contributed by atoms with Gasteiger partial charge in [0.15, 0.2) is 11.6 Å². The Labute approximate surface area is 101 Å². The number of likely N-dealkylation sites (tertiary alicyclic amines) is 1. The van der Waals surface area contributed by atoms with E-state index < -0.39 is 11.7 Å². The van der Waals surface area contributed by atoms with Crippen molar-refractivity contribution >= 4 is 30.1 Å². The number of halogens is 1. The predicted octanol–water partition coefficient (Wildman–Crippen LogP) is 1.19. The van der Waals surface area contributed by atoms with Gasteiger partial charge in [0, 0.05) is 0 Å². The van der Waals surface area contributed by atoms with E-state index in [0.29, 0.717) is 0 Å². The molecule has 0 radical (unpaired) electrons. The van der Waals surface area contributed by atoms with Crippen molar-refractivity contribution in [3.63, 3.8) is 0 Å². The molecular formula is C10H16ClNO4. The first kappa shape index (κ1) is 14.9. The third kappa shape index (κ3) is 4.61. The van der Waals surface area contributed by atoms with Gasteiger partial charge in [-0.1, -0.05) is 0 Å². The Morgan fingerprint density at radius 2 is 1.62 bits per heavy atom. The second-order valence-electron chi connectivity index (χ2n) is 4.59. The molecule has 0 saturated carbocycles. The van der Waals surface area contributed by atoms with Gasteiger partial charge in [0.2, 0.25) is 0 Å². The number of Topliss-reactive ketones (excluding diaryl/α,β-unsaturated/α-hetero) is 2. The quantitative estimate of drug-likeness (QED) is 0.605. The topological polar surface area (TPSA) is 63.7 Å². The fourth-order valence-electron chi connectivity index (χ4n) is 1.27. The summed E-state index contributed by atoms with van der Waals surface area (Å²) in [5.41, 5.74) is -0.610. The molecule has 1 fully saturated rings. The van der Waals surface area contributed by atoms with Crippen molar-refractivity contribution in [3.05, 3.63) is 0 Å². The highest BCUT2D eigenvalue weighted by Gasteiger charge is 2.29. The molecule has 1 amide bonds. The molecule has 0 aromatic carbocycles. The summed E-state index contributed by atoms with van der Waals surface area (Å²) in [5, 5.41) is 0. The predicted molar refractivity (Wildman–Crippen MR) is 59.7 cm³/mol. The largest absolute Gasteiger partial charge is 0.444 e. The molecule has 1 rings (SSSR count). The van der Waals surface area contributed by atoms with Gasteiger partial charge in [-0.2, -0.15) is 0 Å². The first-order chi connectivity index (χ1) is 6.78. The van der Waals surface area contributed by atoms with E-state index in [2.05, 4.69) is 0 Å². The number of amides is 1. The van der Waals surface area contributed by atoms with E-state index in [4.69, 9.17) is 4.74 Å². The molecule has 1 aliphatic heterocycles. The van der Waals surface area contributed by atoms with Crippen LogP contribution in [0.1, 0.15) is 27.2 Å². The van der Waals surface area contributed by atoms with Crippen molar-refractivity contribution in [2.75, 3.05) is 13.1 Å². The van der Waals surface area contributed by atoms with Crippen molar-refractivity contribution in [3.8, 4) is 0 Å². The van der Waals surface area contributed by atoms with Crippen LogP contribution in [0.5, 0.6) is 0 Å². The summed E-state index contributed by atoms with van der Waals surface area (Å²) in [7, 11) is 0. The standard InChI is InChI=1S/C10H15NO4.ClH/c1-10(2,3)15-9(14)11-5-7(12)4-8(13)6-11;/h4-6H2,1-3H3;1H. The van der Waals surface area contributed by atoms with Crippen LogP contribution in [0.3, 0.4) is 0 Å². The van der Waals surface area contributed by atoms with Crippen LogP contribution in [0, 0.1) is 0 Å². The molecule has 1 aliphatic rings. The molecule has 0 atom stereocenters. The Bertz CT molecular complexity index is 292. The maximum atomic E-state index is 11.5. The maximum Gasteiger partial charge on any atom is 0.411 e. The van der Waals surface area contributed by atoms with Gasteiger partial charge >= 0.3 is 6.09 Å². The van der Waals surface area contributed by atoms with Gasteiger partial charge in [0.05, 0.1) is 19.5 Å².